The smallest absolute Gasteiger partial charge is 0.258 e. The van der Waals surface area contributed by atoms with Crippen molar-refractivity contribution in [2.24, 2.45) is 0 Å². The van der Waals surface area contributed by atoms with Gasteiger partial charge in [0.25, 0.3) is 5.56 Å². The molecule has 0 spiro atoms. The topological polar surface area (TPSA) is 83.8 Å². The maximum atomic E-state index is 11.7. The van der Waals surface area contributed by atoms with Crippen molar-refractivity contribution in [3.8, 4) is 0 Å². The molecule has 106 valence electrons. The number of benzene rings is 1. The first-order valence-electron chi connectivity index (χ1n) is 6.73. The van der Waals surface area contributed by atoms with Gasteiger partial charge in [0.1, 0.15) is 0 Å². The highest BCUT2D eigenvalue weighted by Gasteiger charge is 2.24. The third-order valence-corrected chi connectivity index (χ3v) is 4.98. The van der Waals surface area contributed by atoms with Crippen molar-refractivity contribution in [2.75, 3.05) is 17.3 Å². The lowest BCUT2D eigenvalue weighted by atomic mass is 10.1. The van der Waals surface area contributed by atoms with Gasteiger partial charge in [-0.15, -0.1) is 0 Å². The molecular weight excluding hydrogens is 272 g/mol. The van der Waals surface area contributed by atoms with E-state index in [1.54, 1.807) is 6.07 Å². The number of nitrogens with one attached hydrogen (secondary N) is 2. The largest absolute Gasteiger partial charge is 0.397 e. The van der Waals surface area contributed by atoms with E-state index in [2.05, 4.69) is 21.5 Å². The Hall–Kier alpha value is -1.69. The average Bonchev–Trinajstić information content (AvgIpc) is 2.89. The number of aromatic nitrogens is 2. The van der Waals surface area contributed by atoms with Gasteiger partial charge in [-0.2, -0.15) is 11.8 Å². The van der Waals surface area contributed by atoms with Crippen LogP contribution in [0.15, 0.2) is 23.3 Å². The zero-order chi connectivity index (χ0) is 14.1. The van der Waals surface area contributed by atoms with Gasteiger partial charge in [-0.25, -0.2) is 4.98 Å². The minimum Gasteiger partial charge on any atom is -0.397 e. The Balaban J connectivity index is 1.89. The molecule has 3 rings (SSSR count). The zero-order valence-corrected chi connectivity index (χ0v) is 12.2. The van der Waals surface area contributed by atoms with Crippen molar-refractivity contribution in [1.29, 1.82) is 0 Å². The summed E-state index contributed by atoms with van der Waals surface area (Å²) in [5.41, 5.74) is 8.05. The Labute approximate surface area is 121 Å². The quantitative estimate of drug-likeness (QED) is 0.755. The maximum absolute atomic E-state index is 11.7. The summed E-state index contributed by atoms with van der Waals surface area (Å²) in [6.45, 7) is 0. The summed E-state index contributed by atoms with van der Waals surface area (Å²) in [5.74, 6) is 0. The van der Waals surface area contributed by atoms with Crippen molar-refractivity contribution in [3.63, 3.8) is 0 Å². The lowest BCUT2D eigenvalue weighted by molar-refractivity contribution is 0.758. The molecule has 1 heterocycles. The summed E-state index contributed by atoms with van der Waals surface area (Å²) in [5, 5.41) is 4.76. The third kappa shape index (κ3) is 2.47. The van der Waals surface area contributed by atoms with Crippen LogP contribution in [0.1, 0.15) is 19.3 Å². The van der Waals surface area contributed by atoms with Crippen LogP contribution >= 0.6 is 11.8 Å². The lowest BCUT2D eigenvalue weighted by Crippen LogP contribution is -2.17. The first-order valence-corrected chi connectivity index (χ1v) is 8.02. The molecule has 2 unspecified atom stereocenters. The van der Waals surface area contributed by atoms with E-state index in [9.17, 15) is 4.79 Å². The standard InChI is InChI=1S/C14H18N4OS/c1-20-9-3-2-8(4-9)18-13-6-12-10(5-11(13)15)14(19)17-7-16-12/h5-9,18H,2-4,15H2,1H3,(H,16,17,19). The van der Waals surface area contributed by atoms with Crippen LogP contribution < -0.4 is 16.6 Å². The van der Waals surface area contributed by atoms with Crippen LogP contribution in [-0.4, -0.2) is 27.5 Å². The minimum absolute atomic E-state index is 0.156. The molecule has 2 atom stereocenters. The van der Waals surface area contributed by atoms with E-state index < -0.39 is 0 Å². The van der Waals surface area contributed by atoms with Crippen LogP contribution in [0.3, 0.4) is 0 Å². The molecule has 1 aromatic heterocycles. The number of hydrogen-bond acceptors (Lipinski definition) is 5. The van der Waals surface area contributed by atoms with Crippen LogP contribution in [-0.2, 0) is 0 Å². The van der Waals surface area contributed by atoms with Gasteiger partial charge >= 0.3 is 0 Å². The molecule has 20 heavy (non-hydrogen) atoms. The van der Waals surface area contributed by atoms with E-state index in [-0.39, 0.29) is 5.56 Å². The van der Waals surface area contributed by atoms with Crippen LogP contribution in [0.2, 0.25) is 0 Å². The monoisotopic (exact) mass is 290 g/mol. The molecule has 0 saturated heterocycles. The van der Waals surface area contributed by atoms with E-state index in [1.165, 1.54) is 12.7 Å². The summed E-state index contributed by atoms with van der Waals surface area (Å²) in [7, 11) is 0. The molecule has 1 aliphatic rings. The van der Waals surface area contributed by atoms with E-state index in [0.717, 1.165) is 23.8 Å². The first kappa shape index (κ1) is 13.3. The van der Waals surface area contributed by atoms with Gasteiger partial charge in [0.2, 0.25) is 0 Å². The van der Waals surface area contributed by atoms with Gasteiger partial charge in [-0.3, -0.25) is 4.79 Å². The summed E-state index contributed by atoms with van der Waals surface area (Å²) in [4.78, 5) is 18.5. The number of H-pyrrole nitrogens is 1. The van der Waals surface area contributed by atoms with E-state index in [0.29, 0.717) is 22.6 Å². The number of hydrogen-bond donors (Lipinski definition) is 3. The van der Waals surface area contributed by atoms with Gasteiger partial charge in [0.15, 0.2) is 0 Å². The van der Waals surface area contributed by atoms with Gasteiger partial charge in [-0.05, 0) is 37.7 Å². The fourth-order valence-corrected chi connectivity index (χ4v) is 3.56. The predicted molar refractivity (Wildman–Crippen MR) is 85.3 cm³/mol. The summed E-state index contributed by atoms with van der Waals surface area (Å²) in [6.07, 6.45) is 7.13. The molecule has 0 bridgehead atoms. The van der Waals surface area contributed by atoms with Crippen molar-refractivity contribution < 1.29 is 0 Å². The normalized spacial score (nSPS) is 22.2. The zero-order valence-electron chi connectivity index (χ0n) is 11.3. The molecule has 5 nitrogen and oxygen atoms in total. The minimum atomic E-state index is -0.156. The number of aromatic amines is 1. The Kier molecular flexibility index (Phi) is 3.56. The molecular formula is C14H18N4OS. The highest BCUT2D eigenvalue weighted by molar-refractivity contribution is 7.99. The summed E-state index contributed by atoms with van der Waals surface area (Å²) in [6, 6.07) is 4.02. The molecule has 0 radical (unpaired) electrons. The third-order valence-electron chi connectivity index (χ3n) is 3.89. The Morgan fingerprint density at radius 2 is 2.30 bits per heavy atom. The van der Waals surface area contributed by atoms with Crippen molar-refractivity contribution >= 4 is 34.0 Å². The van der Waals surface area contributed by atoms with Crippen LogP contribution in [0, 0.1) is 0 Å². The molecule has 2 aromatic rings. The molecule has 1 aromatic carbocycles. The van der Waals surface area contributed by atoms with E-state index >= 15 is 0 Å². The number of anilines is 2. The summed E-state index contributed by atoms with van der Waals surface area (Å²) < 4.78 is 0. The van der Waals surface area contributed by atoms with Crippen molar-refractivity contribution in [2.45, 2.75) is 30.6 Å². The Bertz CT molecular complexity index is 684. The van der Waals surface area contributed by atoms with Crippen LogP contribution in [0.4, 0.5) is 11.4 Å². The number of thioether (sulfide) groups is 1. The van der Waals surface area contributed by atoms with Crippen LogP contribution in [0.5, 0.6) is 0 Å². The second-order valence-electron chi connectivity index (χ2n) is 5.20. The van der Waals surface area contributed by atoms with Gasteiger partial charge in [-0.1, -0.05) is 0 Å². The number of nitrogens with zero attached hydrogens (tertiary/aromatic N) is 1. The highest BCUT2D eigenvalue weighted by atomic mass is 32.2. The van der Waals surface area contributed by atoms with Gasteiger partial charge < -0.3 is 16.0 Å². The molecule has 6 heteroatoms. The number of nitrogen functional groups attached to an aromatic ring is 1. The molecule has 1 aliphatic carbocycles. The van der Waals surface area contributed by atoms with Gasteiger partial charge in [0, 0.05) is 11.3 Å². The fraction of sp³-hybridized carbons (Fsp3) is 0.429. The first-order chi connectivity index (χ1) is 9.67. The lowest BCUT2D eigenvalue weighted by Gasteiger charge is -2.16. The molecule has 0 aliphatic heterocycles. The van der Waals surface area contributed by atoms with Crippen molar-refractivity contribution in [1.82, 2.24) is 9.97 Å². The fourth-order valence-electron chi connectivity index (χ4n) is 2.76. The number of nitrogens with two attached hydrogens (primary N) is 1. The Morgan fingerprint density at radius 1 is 1.45 bits per heavy atom. The van der Waals surface area contributed by atoms with Gasteiger partial charge in [0.05, 0.1) is 28.6 Å². The average molecular weight is 290 g/mol. The SMILES string of the molecule is CSC1CCC(Nc2cc3nc[nH]c(=O)c3cc2N)C1. The van der Waals surface area contributed by atoms with E-state index in [4.69, 9.17) is 5.73 Å². The molecule has 0 amide bonds. The number of fused-ring (bicyclic) bond motifs is 1. The molecule has 1 saturated carbocycles. The van der Waals surface area contributed by atoms with E-state index in [1.807, 2.05) is 17.8 Å². The highest BCUT2D eigenvalue weighted by Crippen LogP contribution is 2.32. The summed E-state index contributed by atoms with van der Waals surface area (Å²) >= 11 is 1.93. The Morgan fingerprint density at radius 3 is 3.05 bits per heavy atom. The predicted octanol–water partition coefficient (Wildman–Crippen LogP) is 2.20. The molecule has 4 N–H and O–H groups in total. The van der Waals surface area contributed by atoms with Crippen LogP contribution in [0.25, 0.3) is 10.9 Å². The second-order valence-corrected chi connectivity index (χ2v) is 6.34. The number of rotatable bonds is 3. The maximum Gasteiger partial charge on any atom is 0.258 e. The molecule has 1 fully saturated rings. The van der Waals surface area contributed by atoms with Crippen molar-refractivity contribution in [3.05, 3.63) is 28.8 Å². The second kappa shape index (κ2) is 5.36.